The van der Waals surface area contributed by atoms with Crippen molar-refractivity contribution in [2.24, 2.45) is 11.7 Å². The van der Waals surface area contributed by atoms with E-state index in [0.717, 1.165) is 17.2 Å². The molecule has 0 saturated carbocycles. The van der Waals surface area contributed by atoms with E-state index in [1.54, 1.807) is 30.3 Å². The molecule has 1 atom stereocenters. The molecule has 0 saturated heterocycles. The van der Waals surface area contributed by atoms with Crippen LogP contribution in [0.4, 0.5) is 23.4 Å². The highest BCUT2D eigenvalue weighted by Crippen LogP contribution is 2.31. The van der Waals surface area contributed by atoms with Crippen molar-refractivity contribution < 1.29 is 27.1 Å². The van der Waals surface area contributed by atoms with Crippen molar-refractivity contribution in [2.75, 3.05) is 12.8 Å². The molecule has 1 aromatic heterocycles. The number of nitrogens with zero attached hydrogens (tertiary/aromatic N) is 2. The average Bonchev–Trinajstić information content (AvgIpc) is 3.10. The van der Waals surface area contributed by atoms with Crippen molar-refractivity contribution in [2.45, 2.75) is 32.7 Å². The van der Waals surface area contributed by atoms with E-state index < -0.39 is 24.5 Å². The summed E-state index contributed by atoms with van der Waals surface area (Å²) in [4.78, 5) is 12.0. The quantitative estimate of drug-likeness (QED) is 0.404. The first kappa shape index (κ1) is 25.0. The van der Waals surface area contributed by atoms with Crippen LogP contribution in [-0.4, -0.2) is 29.0 Å². The SMILES string of the molecule is COc1ccc(F)cc1CNCc1ccc(-c2nn(CC(C)C(F)(F)F)c(N)c2C(N)=O)cc1. The van der Waals surface area contributed by atoms with E-state index in [9.17, 15) is 22.4 Å². The molecule has 0 bridgehead atoms. The van der Waals surface area contributed by atoms with Gasteiger partial charge in [0, 0.05) is 24.2 Å². The second-order valence-electron chi connectivity index (χ2n) is 7.85. The second-order valence-corrected chi connectivity index (χ2v) is 7.85. The predicted molar refractivity (Wildman–Crippen MR) is 119 cm³/mol. The minimum atomic E-state index is -4.43. The van der Waals surface area contributed by atoms with E-state index >= 15 is 0 Å². The Hall–Kier alpha value is -3.60. The number of carbonyl (C=O) groups is 1. The van der Waals surface area contributed by atoms with Crippen LogP contribution in [0, 0.1) is 11.7 Å². The lowest BCUT2D eigenvalue weighted by Gasteiger charge is -2.16. The van der Waals surface area contributed by atoms with Crippen molar-refractivity contribution in [3.05, 3.63) is 65.0 Å². The molecule has 1 amide bonds. The number of hydrogen-bond donors (Lipinski definition) is 3. The fourth-order valence-electron chi connectivity index (χ4n) is 3.43. The van der Waals surface area contributed by atoms with Crippen LogP contribution in [0.1, 0.15) is 28.4 Å². The molecule has 0 aliphatic heterocycles. The van der Waals surface area contributed by atoms with Gasteiger partial charge in [0.1, 0.15) is 28.6 Å². The lowest BCUT2D eigenvalue weighted by atomic mass is 10.0. The summed E-state index contributed by atoms with van der Waals surface area (Å²) in [5.41, 5.74) is 13.3. The van der Waals surface area contributed by atoms with Gasteiger partial charge in [0.2, 0.25) is 0 Å². The Bertz CT molecular complexity index is 1160. The zero-order chi connectivity index (χ0) is 25.0. The number of ether oxygens (including phenoxy) is 1. The summed E-state index contributed by atoms with van der Waals surface area (Å²) in [5, 5.41) is 7.33. The Labute approximate surface area is 193 Å². The molecule has 1 heterocycles. The molecule has 2 aromatic carbocycles. The maximum atomic E-state index is 13.5. The van der Waals surface area contributed by atoms with Crippen LogP contribution >= 0.6 is 0 Å². The van der Waals surface area contributed by atoms with Crippen molar-refractivity contribution in [1.82, 2.24) is 15.1 Å². The highest BCUT2D eigenvalue weighted by Gasteiger charge is 2.37. The number of benzene rings is 2. The Morgan fingerprint density at radius 3 is 2.44 bits per heavy atom. The summed E-state index contributed by atoms with van der Waals surface area (Å²) in [7, 11) is 1.51. The number of carbonyl (C=O) groups excluding carboxylic acids is 1. The fraction of sp³-hybridized carbons (Fsp3) is 0.304. The van der Waals surface area contributed by atoms with Gasteiger partial charge < -0.3 is 21.5 Å². The Morgan fingerprint density at radius 1 is 1.18 bits per heavy atom. The van der Waals surface area contributed by atoms with E-state index in [0.29, 0.717) is 30.0 Å². The molecule has 0 fully saturated rings. The molecule has 182 valence electrons. The number of nitrogens with two attached hydrogens (primary N) is 2. The molecule has 3 rings (SSSR count). The minimum absolute atomic E-state index is 0.114. The fourth-order valence-corrected chi connectivity index (χ4v) is 3.43. The van der Waals surface area contributed by atoms with E-state index in [-0.39, 0.29) is 22.9 Å². The van der Waals surface area contributed by atoms with Gasteiger partial charge in [-0.1, -0.05) is 31.2 Å². The van der Waals surface area contributed by atoms with Gasteiger partial charge in [-0.05, 0) is 23.8 Å². The van der Waals surface area contributed by atoms with Gasteiger partial charge in [-0.2, -0.15) is 18.3 Å². The van der Waals surface area contributed by atoms with Crippen LogP contribution in [0.25, 0.3) is 11.3 Å². The van der Waals surface area contributed by atoms with Gasteiger partial charge in [-0.3, -0.25) is 4.79 Å². The number of nitrogen functional groups attached to an aromatic ring is 1. The zero-order valence-electron chi connectivity index (χ0n) is 18.6. The number of primary amides is 1. The van der Waals surface area contributed by atoms with Crippen LogP contribution in [0.5, 0.6) is 5.75 Å². The third-order valence-corrected chi connectivity index (χ3v) is 5.36. The predicted octanol–water partition coefficient (Wildman–Crippen LogP) is 3.87. The monoisotopic (exact) mass is 479 g/mol. The molecule has 1 unspecified atom stereocenters. The molecule has 34 heavy (non-hydrogen) atoms. The van der Waals surface area contributed by atoms with Crippen LogP contribution in [-0.2, 0) is 19.6 Å². The van der Waals surface area contributed by atoms with E-state index in [2.05, 4.69) is 10.4 Å². The smallest absolute Gasteiger partial charge is 0.393 e. The van der Waals surface area contributed by atoms with Gasteiger partial charge in [0.15, 0.2) is 0 Å². The standard InChI is InChI=1S/C23H25F4N5O2/c1-13(23(25,26)27)12-32-21(28)19(22(29)33)20(31-32)15-5-3-14(4-6-15)10-30-11-16-9-17(24)7-8-18(16)34-2/h3-9,13,30H,10-12,28H2,1-2H3,(H2,29,33). The number of nitrogens with one attached hydrogen (secondary N) is 1. The second kappa shape index (κ2) is 10.1. The van der Waals surface area contributed by atoms with Gasteiger partial charge >= 0.3 is 6.18 Å². The summed E-state index contributed by atoms with van der Waals surface area (Å²) in [6.07, 6.45) is -4.43. The van der Waals surface area contributed by atoms with Gasteiger partial charge in [0.25, 0.3) is 5.91 Å². The zero-order valence-corrected chi connectivity index (χ0v) is 18.6. The number of aromatic nitrogens is 2. The highest BCUT2D eigenvalue weighted by atomic mass is 19.4. The topological polar surface area (TPSA) is 108 Å². The molecule has 0 aliphatic carbocycles. The molecular weight excluding hydrogens is 454 g/mol. The highest BCUT2D eigenvalue weighted by molar-refractivity contribution is 6.03. The molecule has 5 N–H and O–H groups in total. The first-order chi connectivity index (χ1) is 16.0. The molecule has 11 heteroatoms. The van der Waals surface area contributed by atoms with Gasteiger partial charge in [-0.15, -0.1) is 0 Å². The number of rotatable bonds is 9. The Morgan fingerprint density at radius 2 is 1.85 bits per heavy atom. The van der Waals surface area contributed by atoms with Crippen molar-refractivity contribution in [3.63, 3.8) is 0 Å². The number of halogens is 4. The largest absolute Gasteiger partial charge is 0.496 e. The molecule has 0 radical (unpaired) electrons. The van der Waals surface area contributed by atoms with Crippen LogP contribution in [0.15, 0.2) is 42.5 Å². The summed E-state index contributed by atoms with van der Waals surface area (Å²) >= 11 is 0. The molecule has 0 spiro atoms. The summed E-state index contributed by atoms with van der Waals surface area (Å²) in [6.45, 7) is 1.28. The summed E-state index contributed by atoms with van der Waals surface area (Å²) < 4.78 is 58.6. The number of methoxy groups -OCH3 is 1. The lowest BCUT2D eigenvalue weighted by Crippen LogP contribution is -2.26. The number of alkyl halides is 3. The van der Waals surface area contributed by atoms with Gasteiger partial charge in [0.05, 0.1) is 19.6 Å². The third kappa shape index (κ3) is 5.66. The minimum Gasteiger partial charge on any atom is -0.496 e. The number of hydrogen-bond acceptors (Lipinski definition) is 5. The maximum Gasteiger partial charge on any atom is 0.393 e. The average molecular weight is 479 g/mol. The molecular formula is C23H25F4N5O2. The van der Waals surface area contributed by atoms with Crippen LogP contribution < -0.4 is 21.5 Å². The third-order valence-electron chi connectivity index (χ3n) is 5.36. The maximum absolute atomic E-state index is 13.5. The van der Waals surface area contributed by atoms with Crippen LogP contribution in [0.2, 0.25) is 0 Å². The van der Waals surface area contributed by atoms with Crippen molar-refractivity contribution in [1.29, 1.82) is 0 Å². The Balaban J connectivity index is 1.75. The normalized spacial score (nSPS) is 12.5. The molecule has 3 aromatic rings. The van der Waals surface area contributed by atoms with E-state index in [1.165, 1.54) is 19.2 Å². The first-order valence-electron chi connectivity index (χ1n) is 10.4. The lowest BCUT2D eigenvalue weighted by molar-refractivity contribution is -0.173. The summed E-state index contributed by atoms with van der Waals surface area (Å²) in [5.74, 6) is -2.61. The first-order valence-corrected chi connectivity index (χ1v) is 10.4. The van der Waals surface area contributed by atoms with E-state index in [1.807, 2.05) is 0 Å². The Kier molecular flexibility index (Phi) is 7.45. The molecule has 0 aliphatic rings. The van der Waals surface area contributed by atoms with Gasteiger partial charge in [-0.25, -0.2) is 9.07 Å². The van der Waals surface area contributed by atoms with Crippen molar-refractivity contribution >= 4 is 11.7 Å². The van der Waals surface area contributed by atoms with Crippen LogP contribution in [0.3, 0.4) is 0 Å². The summed E-state index contributed by atoms with van der Waals surface area (Å²) in [6, 6.07) is 11.1. The molecule has 7 nitrogen and oxygen atoms in total. The van der Waals surface area contributed by atoms with Crippen molar-refractivity contribution in [3.8, 4) is 17.0 Å². The van der Waals surface area contributed by atoms with E-state index in [4.69, 9.17) is 16.2 Å². The number of anilines is 1. The number of amides is 1.